The lowest BCUT2D eigenvalue weighted by molar-refractivity contribution is -0.00000433. The van der Waals surface area contributed by atoms with Gasteiger partial charge in [-0.2, -0.15) is 0 Å². The van der Waals surface area contributed by atoms with Gasteiger partial charge in [-0.25, -0.2) is 9.97 Å². The number of rotatable bonds is 2. The summed E-state index contributed by atoms with van der Waals surface area (Å²) in [6.07, 6.45) is 5.21. The number of anilines is 1. The Labute approximate surface area is 132 Å². The molecule has 1 aromatic carbocycles. The van der Waals surface area contributed by atoms with E-state index in [4.69, 9.17) is 0 Å². The Bertz CT molecular complexity index is 564. The van der Waals surface area contributed by atoms with Gasteiger partial charge < -0.3 is 17.3 Å². The Balaban J connectivity index is 0.00000161. The highest BCUT2D eigenvalue weighted by molar-refractivity contribution is 5.62. The number of hydrogen-bond donors (Lipinski definition) is 0. The molecule has 2 aromatic rings. The van der Waals surface area contributed by atoms with Crippen molar-refractivity contribution in [2.24, 2.45) is 0 Å². The van der Waals surface area contributed by atoms with E-state index < -0.39 is 0 Å². The smallest absolute Gasteiger partial charge is 0.132 e. The van der Waals surface area contributed by atoms with E-state index in [9.17, 15) is 0 Å². The minimum absolute atomic E-state index is 0. The number of hydrogen-bond acceptors (Lipinski definition) is 3. The molecule has 0 saturated carbocycles. The summed E-state index contributed by atoms with van der Waals surface area (Å²) >= 11 is 0. The second-order valence-electron chi connectivity index (χ2n) is 5.43. The minimum atomic E-state index is 0. The largest absolute Gasteiger partial charge is 1.00 e. The number of aromatic nitrogens is 2. The summed E-state index contributed by atoms with van der Waals surface area (Å²) in [4.78, 5) is 11.6. The Hall–Kier alpha value is -1.61. The molecule has 0 bridgehead atoms. The van der Waals surface area contributed by atoms with Crippen LogP contribution in [-0.4, -0.2) is 23.1 Å². The fourth-order valence-corrected chi connectivity index (χ4v) is 2.77. The maximum atomic E-state index is 4.64. The Morgan fingerprint density at radius 3 is 2.24 bits per heavy atom. The van der Waals surface area contributed by atoms with E-state index in [2.05, 4.69) is 45.2 Å². The molecule has 1 aromatic heterocycles. The molecule has 21 heavy (non-hydrogen) atoms. The van der Waals surface area contributed by atoms with Gasteiger partial charge >= 0.3 is 0 Å². The van der Waals surface area contributed by atoms with Gasteiger partial charge in [-0.1, -0.05) is 43.2 Å². The molecular formula is C17H21ClN3-. The van der Waals surface area contributed by atoms with E-state index in [0.717, 1.165) is 36.0 Å². The van der Waals surface area contributed by atoms with E-state index in [1.165, 1.54) is 25.7 Å². The van der Waals surface area contributed by atoms with Gasteiger partial charge in [-0.15, -0.1) is 0 Å². The molecule has 1 fully saturated rings. The third kappa shape index (κ3) is 3.94. The zero-order valence-corrected chi connectivity index (χ0v) is 13.2. The topological polar surface area (TPSA) is 29.0 Å². The van der Waals surface area contributed by atoms with Crippen LogP contribution in [0.3, 0.4) is 0 Å². The SMILES string of the molecule is Cc1nc(-c2ccccc2)cc(N2CCCCCC2)n1.[Cl-]. The first-order valence-electron chi connectivity index (χ1n) is 7.49. The van der Waals surface area contributed by atoms with Crippen molar-refractivity contribution in [3.63, 3.8) is 0 Å². The summed E-state index contributed by atoms with van der Waals surface area (Å²) in [5, 5.41) is 0. The van der Waals surface area contributed by atoms with E-state index in [1.54, 1.807) is 0 Å². The molecule has 0 atom stereocenters. The first-order chi connectivity index (χ1) is 9.83. The fourth-order valence-electron chi connectivity index (χ4n) is 2.77. The van der Waals surface area contributed by atoms with Crippen LogP contribution in [0, 0.1) is 6.92 Å². The van der Waals surface area contributed by atoms with Gasteiger partial charge in [0.2, 0.25) is 0 Å². The Morgan fingerprint density at radius 2 is 1.57 bits per heavy atom. The molecule has 1 aliphatic rings. The summed E-state index contributed by atoms with van der Waals surface area (Å²) in [7, 11) is 0. The van der Waals surface area contributed by atoms with Gasteiger partial charge in [0.25, 0.3) is 0 Å². The van der Waals surface area contributed by atoms with Crippen molar-refractivity contribution in [1.29, 1.82) is 0 Å². The molecule has 3 rings (SSSR count). The van der Waals surface area contributed by atoms with Crippen LogP contribution in [0.2, 0.25) is 0 Å². The Morgan fingerprint density at radius 1 is 0.905 bits per heavy atom. The van der Waals surface area contributed by atoms with Crippen molar-refractivity contribution in [2.75, 3.05) is 18.0 Å². The average molecular weight is 303 g/mol. The van der Waals surface area contributed by atoms with Crippen molar-refractivity contribution in [3.05, 3.63) is 42.2 Å². The molecular weight excluding hydrogens is 282 g/mol. The van der Waals surface area contributed by atoms with Crippen molar-refractivity contribution in [2.45, 2.75) is 32.6 Å². The molecule has 0 spiro atoms. The van der Waals surface area contributed by atoms with Gasteiger partial charge in [0.15, 0.2) is 0 Å². The highest BCUT2D eigenvalue weighted by Gasteiger charge is 2.13. The number of aryl methyl sites for hydroxylation is 1. The fraction of sp³-hybridized carbons (Fsp3) is 0.412. The van der Waals surface area contributed by atoms with Crippen LogP contribution in [-0.2, 0) is 0 Å². The molecule has 0 N–H and O–H groups in total. The summed E-state index contributed by atoms with van der Waals surface area (Å²) in [6, 6.07) is 12.5. The predicted molar refractivity (Wildman–Crippen MR) is 82.9 cm³/mol. The van der Waals surface area contributed by atoms with E-state index in [0.29, 0.717) is 0 Å². The molecule has 3 nitrogen and oxygen atoms in total. The zero-order valence-electron chi connectivity index (χ0n) is 12.4. The first kappa shape index (κ1) is 15.8. The van der Waals surface area contributed by atoms with Crippen LogP contribution in [0.15, 0.2) is 36.4 Å². The van der Waals surface area contributed by atoms with E-state index >= 15 is 0 Å². The normalized spacial score (nSPS) is 15.2. The monoisotopic (exact) mass is 302 g/mol. The van der Waals surface area contributed by atoms with Crippen LogP contribution in [0.1, 0.15) is 31.5 Å². The van der Waals surface area contributed by atoms with Crippen LogP contribution in [0.5, 0.6) is 0 Å². The summed E-state index contributed by atoms with van der Waals surface area (Å²) in [5.74, 6) is 1.93. The lowest BCUT2D eigenvalue weighted by Crippen LogP contribution is -3.00. The summed E-state index contributed by atoms with van der Waals surface area (Å²) in [5.41, 5.74) is 2.19. The van der Waals surface area contributed by atoms with E-state index in [-0.39, 0.29) is 12.4 Å². The number of halogens is 1. The second-order valence-corrected chi connectivity index (χ2v) is 5.43. The molecule has 0 unspecified atom stereocenters. The third-order valence-corrected chi connectivity index (χ3v) is 3.82. The van der Waals surface area contributed by atoms with Crippen LogP contribution in [0.4, 0.5) is 5.82 Å². The second kappa shape index (κ2) is 7.41. The maximum absolute atomic E-state index is 4.64. The Kier molecular flexibility index (Phi) is 5.57. The molecule has 0 aliphatic carbocycles. The highest BCUT2D eigenvalue weighted by Crippen LogP contribution is 2.23. The summed E-state index contributed by atoms with van der Waals surface area (Å²) in [6.45, 7) is 4.21. The van der Waals surface area contributed by atoms with Crippen LogP contribution >= 0.6 is 0 Å². The molecule has 112 valence electrons. The van der Waals surface area contributed by atoms with Gasteiger partial charge in [-0.05, 0) is 19.8 Å². The van der Waals surface area contributed by atoms with Gasteiger partial charge in [0, 0.05) is 24.7 Å². The standard InChI is InChI=1S/C17H21N3.ClH/c1-14-18-16(15-9-5-4-6-10-15)13-17(19-14)20-11-7-2-3-8-12-20;/h4-6,9-10,13H,2-3,7-8,11-12H2,1H3;1H/p-1. The third-order valence-electron chi connectivity index (χ3n) is 3.82. The van der Waals surface area contributed by atoms with Crippen molar-refractivity contribution < 1.29 is 12.4 Å². The lowest BCUT2D eigenvalue weighted by atomic mass is 10.1. The zero-order chi connectivity index (χ0) is 13.8. The number of benzene rings is 1. The molecule has 1 saturated heterocycles. The van der Waals surface area contributed by atoms with Crippen LogP contribution in [0.25, 0.3) is 11.3 Å². The number of nitrogens with zero attached hydrogens (tertiary/aromatic N) is 3. The lowest BCUT2D eigenvalue weighted by Gasteiger charge is -2.22. The molecule has 4 heteroatoms. The summed E-state index contributed by atoms with van der Waals surface area (Å²) < 4.78 is 0. The molecule has 1 aliphatic heterocycles. The van der Waals surface area contributed by atoms with Gasteiger partial charge in [-0.3, -0.25) is 0 Å². The highest BCUT2D eigenvalue weighted by atomic mass is 35.5. The first-order valence-corrected chi connectivity index (χ1v) is 7.49. The minimum Gasteiger partial charge on any atom is -1.00 e. The van der Waals surface area contributed by atoms with E-state index in [1.807, 2.05) is 13.0 Å². The van der Waals surface area contributed by atoms with Crippen molar-refractivity contribution in [3.8, 4) is 11.3 Å². The average Bonchev–Trinajstić information content (AvgIpc) is 2.77. The molecule has 0 amide bonds. The van der Waals surface area contributed by atoms with Gasteiger partial charge in [0.05, 0.1) is 5.69 Å². The van der Waals surface area contributed by atoms with Gasteiger partial charge in [0.1, 0.15) is 11.6 Å². The molecule has 0 radical (unpaired) electrons. The maximum Gasteiger partial charge on any atom is 0.132 e. The predicted octanol–water partition coefficient (Wildman–Crippen LogP) is 0.836. The quantitative estimate of drug-likeness (QED) is 0.823. The van der Waals surface area contributed by atoms with Crippen molar-refractivity contribution >= 4 is 5.82 Å². The van der Waals surface area contributed by atoms with Crippen LogP contribution < -0.4 is 17.3 Å². The van der Waals surface area contributed by atoms with Crippen molar-refractivity contribution in [1.82, 2.24) is 9.97 Å². The molecule has 2 heterocycles.